The summed E-state index contributed by atoms with van der Waals surface area (Å²) in [4.78, 5) is 34.1. The molecule has 0 spiro atoms. The molecule has 1 amide bonds. The molecule has 0 saturated heterocycles. The van der Waals surface area contributed by atoms with Gasteiger partial charge >= 0.3 is 0 Å². The maximum absolute atomic E-state index is 15.1. The highest BCUT2D eigenvalue weighted by Crippen LogP contribution is 2.62. The van der Waals surface area contributed by atoms with E-state index in [1.807, 2.05) is 58.0 Å². The summed E-state index contributed by atoms with van der Waals surface area (Å²) in [7, 11) is 0. The van der Waals surface area contributed by atoms with E-state index >= 15 is 4.79 Å². The summed E-state index contributed by atoms with van der Waals surface area (Å²) in [5, 5.41) is 36.4. The van der Waals surface area contributed by atoms with E-state index in [-0.39, 0.29) is 56.2 Å². The molecule has 0 bridgehead atoms. The predicted molar refractivity (Wildman–Crippen MR) is 261 cm³/mol. The smallest absolute Gasteiger partial charge is 0.269 e. The maximum atomic E-state index is 15.1. The van der Waals surface area contributed by atoms with E-state index in [4.69, 9.17) is 24.2 Å². The number of benzene rings is 4. The van der Waals surface area contributed by atoms with Gasteiger partial charge in [0.25, 0.3) is 5.69 Å². The van der Waals surface area contributed by atoms with Gasteiger partial charge in [0.05, 0.1) is 23.2 Å². The standard InChI is InChI=1S/C55H64FN3O9/c1-7-30-65-55-50(58(35-39-15-20-41(56)21-16-39)51(62)27-19-38-17-22-42(23-18-38)59(63)64)34-48(57-68-54(4,5)6)46-32-40(12-8-10-28-60)45(13-9-11-29-61)52(53(46)55)47-33-44(25-26-49(47)67-55)66-43-24-14-36(2)37(3)31-43/h7,14-27,31-33,40,45,50,52-53,60-61H,1,8-13,28-30,34-35H2,2-6H3. The van der Waals surface area contributed by atoms with E-state index in [1.54, 1.807) is 41.3 Å². The first-order chi connectivity index (χ1) is 32.6. The second kappa shape index (κ2) is 21.9. The number of aryl methyl sites for hydroxylation is 2. The van der Waals surface area contributed by atoms with E-state index in [2.05, 4.69) is 25.6 Å². The van der Waals surface area contributed by atoms with Crippen LogP contribution in [0.3, 0.4) is 0 Å². The Kier molecular flexibility index (Phi) is 16.0. The average Bonchev–Trinajstić information content (AvgIpc) is 3.31. The van der Waals surface area contributed by atoms with Crippen molar-refractivity contribution in [1.29, 1.82) is 0 Å². The zero-order chi connectivity index (χ0) is 48.6. The topological polar surface area (TPSA) is 153 Å². The Morgan fingerprint density at radius 3 is 2.31 bits per heavy atom. The van der Waals surface area contributed by atoms with Crippen LogP contribution in [0.4, 0.5) is 10.1 Å². The van der Waals surface area contributed by atoms with Crippen LogP contribution < -0.4 is 9.47 Å². The van der Waals surface area contributed by atoms with Crippen LogP contribution in [0.5, 0.6) is 17.2 Å². The highest BCUT2D eigenvalue weighted by atomic mass is 19.1. The van der Waals surface area contributed by atoms with Gasteiger partial charge in [-0.25, -0.2) is 4.39 Å². The van der Waals surface area contributed by atoms with Crippen molar-refractivity contribution in [3.63, 3.8) is 0 Å². The first-order valence-electron chi connectivity index (χ1n) is 23.6. The summed E-state index contributed by atoms with van der Waals surface area (Å²) in [5.41, 5.74) is 5.16. The lowest BCUT2D eigenvalue weighted by molar-refractivity contribution is -0.384. The van der Waals surface area contributed by atoms with Gasteiger partial charge < -0.3 is 34.2 Å². The number of non-ortho nitro benzene ring substituents is 1. The normalized spacial score (nSPS) is 22.4. The van der Waals surface area contributed by atoms with E-state index in [0.29, 0.717) is 46.9 Å². The number of rotatable bonds is 20. The van der Waals surface area contributed by atoms with E-state index in [1.165, 1.54) is 30.3 Å². The molecule has 1 fully saturated rings. The van der Waals surface area contributed by atoms with Gasteiger partial charge in [0, 0.05) is 55.9 Å². The van der Waals surface area contributed by atoms with Gasteiger partial charge in [0.2, 0.25) is 11.7 Å². The van der Waals surface area contributed by atoms with Gasteiger partial charge in [-0.05, 0) is 161 Å². The van der Waals surface area contributed by atoms with Gasteiger partial charge in [-0.15, -0.1) is 6.58 Å². The number of ether oxygens (including phenoxy) is 3. The van der Waals surface area contributed by atoms with Crippen molar-refractivity contribution in [3.05, 3.63) is 159 Å². The minimum atomic E-state index is -1.56. The molecule has 68 heavy (non-hydrogen) atoms. The fourth-order valence-electron chi connectivity index (χ4n) is 9.92. The molecule has 6 atom stereocenters. The van der Waals surface area contributed by atoms with Crippen molar-refractivity contribution >= 4 is 23.4 Å². The second-order valence-electron chi connectivity index (χ2n) is 19.1. The zero-order valence-electron chi connectivity index (χ0n) is 39.7. The monoisotopic (exact) mass is 929 g/mol. The molecule has 4 aromatic carbocycles. The largest absolute Gasteiger partial charge is 0.459 e. The van der Waals surface area contributed by atoms with Crippen LogP contribution in [0.1, 0.15) is 99.5 Å². The molecule has 1 saturated carbocycles. The molecule has 1 aliphatic heterocycles. The Morgan fingerprint density at radius 2 is 1.65 bits per heavy atom. The number of nitrogens with zero attached hydrogens (tertiary/aromatic N) is 3. The summed E-state index contributed by atoms with van der Waals surface area (Å²) in [6.45, 7) is 14.1. The lowest BCUT2D eigenvalue weighted by Gasteiger charge is -2.60. The SMILES string of the molecule is C=CCOC12Oc3ccc(Oc4ccc(C)c(C)c4)cc3C3C(CCCCO)C(CCCCO)C=C(C(=NOC(C)(C)C)CC1N(Cc1ccc(F)cc1)C(=O)C=Cc1ccc([N+](=O)[O-])cc1)C32. The molecule has 6 unspecified atom stereocenters. The van der Waals surface area contributed by atoms with Crippen molar-refractivity contribution in [2.75, 3.05) is 19.8 Å². The Bertz CT molecular complexity index is 2510. The third kappa shape index (κ3) is 11.4. The number of oxime groups is 1. The Balaban J connectivity index is 1.47. The number of aliphatic hydroxyl groups excluding tert-OH is 2. The maximum Gasteiger partial charge on any atom is 0.269 e. The average molecular weight is 930 g/mol. The Labute approximate surface area is 398 Å². The second-order valence-corrected chi connectivity index (χ2v) is 19.1. The number of amides is 1. The van der Waals surface area contributed by atoms with Crippen molar-refractivity contribution in [2.24, 2.45) is 22.9 Å². The number of unbranched alkanes of at least 4 members (excludes halogenated alkanes) is 2. The number of carbonyl (C=O) groups excluding carboxylic acids is 1. The number of allylic oxidation sites excluding steroid dienone is 1. The summed E-state index contributed by atoms with van der Waals surface area (Å²) < 4.78 is 35.6. The molecule has 13 heteroatoms. The molecule has 12 nitrogen and oxygen atoms in total. The van der Waals surface area contributed by atoms with E-state index < -0.39 is 40.0 Å². The van der Waals surface area contributed by atoms with Gasteiger partial charge in [-0.3, -0.25) is 14.9 Å². The fraction of sp³-hybridized carbons (Fsp3) is 0.418. The molecular formula is C55H64FN3O9. The van der Waals surface area contributed by atoms with Crippen LogP contribution in [-0.2, 0) is 20.9 Å². The van der Waals surface area contributed by atoms with Crippen molar-refractivity contribution < 1.29 is 43.4 Å². The van der Waals surface area contributed by atoms with Crippen LogP contribution in [0.25, 0.3) is 6.08 Å². The van der Waals surface area contributed by atoms with Crippen molar-refractivity contribution in [2.45, 2.75) is 109 Å². The van der Waals surface area contributed by atoms with Gasteiger partial charge in [0.15, 0.2) is 0 Å². The Morgan fingerprint density at radius 1 is 0.956 bits per heavy atom. The summed E-state index contributed by atoms with van der Waals surface area (Å²) >= 11 is 0. The first kappa shape index (κ1) is 49.7. The quantitative estimate of drug-likeness (QED) is 0.0290. The van der Waals surface area contributed by atoms with Crippen molar-refractivity contribution in [3.8, 4) is 17.2 Å². The number of hydrogen-bond acceptors (Lipinski definition) is 10. The van der Waals surface area contributed by atoms with E-state index in [0.717, 1.165) is 47.9 Å². The number of halogens is 1. The number of nitro benzene ring substituents is 1. The number of nitro groups is 1. The van der Waals surface area contributed by atoms with Gasteiger partial charge in [-0.2, -0.15) is 0 Å². The summed E-state index contributed by atoms with van der Waals surface area (Å²) in [6, 6.07) is 22.9. The molecule has 7 rings (SSSR count). The van der Waals surface area contributed by atoms with Crippen LogP contribution in [-0.4, -0.2) is 68.9 Å². The Hall–Kier alpha value is -6.15. The number of aliphatic hydroxyl groups is 2. The lowest BCUT2D eigenvalue weighted by atomic mass is 9.55. The van der Waals surface area contributed by atoms with Crippen LogP contribution in [0, 0.1) is 47.5 Å². The van der Waals surface area contributed by atoms with E-state index in [9.17, 15) is 24.7 Å². The molecule has 360 valence electrons. The first-order valence-corrected chi connectivity index (χ1v) is 23.6. The number of hydrogen-bond donors (Lipinski definition) is 2. The van der Waals surface area contributed by atoms with Crippen LogP contribution in [0.15, 0.2) is 120 Å². The van der Waals surface area contributed by atoms with Gasteiger partial charge in [0.1, 0.15) is 34.7 Å². The lowest BCUT2D eigenvalue weighted by Crippen LogP contribution is -2.70. The third-order valence-electron chi connectivity index (χ3n) is 13.2. The summed E-state index contributed by atoms with van der Waals surface area (Å²) in [6.07, 6.45) is 11.5. The van der Waals surface area contributed by atoms with Gasteiger partial charge in [-0.1, -0.05) is 48.3 Å². The highest BCUT2D eigenvalue weighted by Gasteiger charge is 2.65. The zero-order valence-corrected chi connectivity index (χ0v) is 39.7. The molecule has 0 radical (unpaired) electrons. The van der Waals surface area contributed by atoms with Crippen molar-refractivity contribution in [1.82, 2.24) is 4.90 Å². The minimum absolute atomic E-state index is 0.0156. The molecule has 3 aliphatic rings. The minimum Gasteiger partial charge on any atom is -0.459 e. The predicted octanol–water partition coefficient (Wildman–Crippen LogP) is 11.3. The highest BCUT2D eigenvalue weighted by molar-refractivity contribution is 6.03. The van der Waals surface area contributed by atoms with Crippen LogP contribution in [0.2, 0.25) is 0 Å². The fourth-order valence-corrected chi connectivity index (χ4v) is 9.92. The molecule has 1 heterocycles. The third-order valence-corrected chi connectivity index (χ3v) is 13.2. The van der Waals surface area contributed by atoms with Crippen LogP contribution >= 0.6 is 0 Å². The molecule has 2 aliphatic carbocycles. The molecule has 0 aromatic heterocycles. The summed E-state index contributed by atoms with van der Waals surface area (Å²) in [5.74, 6) is -1.39. The molecular weight excluding hydrogens is 866 g/mol. The molecule has 2 N–H and O–H groups in total. The number of fused-ring (bicyclic) bond motifs is 2. The number of carbonyl (C=O) groups is 1. The molecule has 4 aromatic rings.